The van der Waals surface area contributed by atoms with Crippen molar-refractivity contribution in [1.82, 2.24) is 34.9 Å². The summed E-state index contributed by atoms with van der Waals surface area (Å²) in [6.45, 7) is 8.74. The molecule has 2 aliphatic heterocycles. The van der Waals surface area contributed by atoms with Crippen molar-refractivity contribution >= 4 is 11.9 Å². The Morgan fingerprint density at radius 3 is 2.80 bits per heavy atom. The molecule has 0 aromatic carbocycles. The summed E-state index contributed by atoms with van der Waals surface area (Å²) in [5.74, 6) is 2.75. The molecular weight excluding hydrogens is 382 g/mol. The van der Waals surface area contributed by atoms with Crippen LogP contribution in [0.15, 0.2) is 29.8 Å². The summed E-state index contributed by atoms with van der Waals surface area (Å²) in [6, 6.07) is 1.85. The normalized spacial score (nSPS) is 20.0. The lowest BCUT2D eigenvalue weighted by molar-refractivity contribution is 0.117. The SMILES string of the molecule is CCc1nncn1CCNC(=NCC1CCCO1)N1CCN(c2ncccn2)CC1. The van der Waals surface area contributed by atoms with Gasteiger partial charge in [0.1, 0.15) is 12.2 Å². The summed E-state index contributed by atoms with van der Waals surface area (Å²) < 4.78 is 7.85. The number of aryl methyl sites for hydroxylation is 1. The Hall–Kier alpha value is -2.75. The predicted molar refractivity (Wildman–Crippen MR) is 114 cm³/mol. The molecular formula is C20H31N9O. The van der Waals surface area contributed by atoms with E-state index in [9.17, 15) is 0 Å². The van der Waals surface area contributed by atoms with E-state index < -0.39 is 0 Å². The van der Waals surface area contributed by atoms with Crippen LogP contribution in [0.5, 0.6) is 0 Å². The molecule has 1 N–H and O–H groups in total. The smallest absolute Gasteiger partial charge is 0.225 e. The Balaban J connectivity index is 1.35. The number of anilines is 1. The Bertz CT molecular complexity index is 796. The van der Waals surface area contributed by atoms with Gasteiger partial charge in [-0.05, 0) is 18.9 Å². The fourth-order valence-corrected chi connectivity index (χ4v) is 3.84. The third-order valence-electron chi connectivity index (χ3n) is 5.53. The molecule has 10 heteroatoms. The highest BCUT2D eigenvalue weighted by molar-refractivity contribution is 5.80. The van der Waals surface area contributed by atoms with Crippen LogP contribution in [0.2, 0.25) is 0 Å². The highest BCUT2D eigenvalue weighted by atomic mass is 16.5. The molecule has 162 valence electrons. The second-order valence-corrected chi connectivity index (χ2v) is 7.54. The molecule has 0 radical (unpaired) electrons. The van der Waals surface area contributed by atoms with E-state index in [-0.39, 0.29) is 6.10 Å². The molecule has 2 aliphatic rings. The van der Waals surface area contributed by atoms with Crippen molar-refractivity contribution in [2.45, 2.75) is 38.8 Å². The number of aromatic nitrogens is 5. The van der Waals surface area contributed by atoms with Gasteiger partial charge in [0.15, 0.2) is 5.96 Å². The largest absolute Gasteiger partial charge is 0.376 e. The van der Waals surface area contributed by atoms with Crippen molar-refractivity contribution in [3.05, 3.63) is 30.6 Å². The van der Waals surface area contributed by atoms with Gasteiger partial charge in [-0.2, -0.15) is 0 Å². The van der Waals surface area contributed by atoms with Crippen molar-refractivity contribution in [2.24, 2.45) is 4.99 Å². The zero-order valence-corrected chi connectivity index (χ0v) is 17.7. The Kier molecular flexibility index (Phi) is 7.07. The quantitative estimate of drug-likeness (QED) is 0.520. The van der Waals surface area contributed by atoms with E-state index in [1.807, 2.05) is 6.07 Å². The zero-order chi connectivity index (χ0) is 20.6. The van der Waals surface area contributed by atoms with Crippen LogP contribution in [-0.4, -0.2) is 87.6 Å². The average Bonchev–Trinajstić information content (AvgIpc) is 3.49. The van der Waals surface area contributed by atoms with E-state index in [1.165, 1.54) is 0 Å². The first-order valence-electron chi connectivity index (χ1n) is 10.9. The lowest BCUT2D eigenvalue weighted by Gasteiger charge is -2.36. The first-order valence-corrected chi connectivity index (χ1v) is 10.9. The van der Waals surface area contributed by atoms with E-state index in [0.29, 0.717) is 6.54 Å². The van der Waals surface area contributed by atoms with E-state index in [0.717, 1.165) is 82.9 Å². The number of rotatable bonds is 7. The molecule has 1 atom stereocenters. The molecule has 0 spiro atoms. The lowest BCUT2D eigenvalue weighted by atomic mass is 10.2. The van der Waals surface area contributed by atoms with Crippen molar-refractivity contribution in [1.29, 1.82) is 0 Å². The number of ether oxygens (including phenoxy) is 1. The fraction of sp³-hybridized carbons (Fsp3) is 0.650. The molecule has 4 rings (SSSR count). The number of nitrogens with one attached hydrogen (secondary N) is 1. The van der Waals surface area contributed by atoms with Gasteiger partial charge in [-0.3, -0.25) is 4.99 Å². The second-order valence-electron chi connectivity index (χ2n) is 7.54. The van der Waals surface area contributed by atoms with E-state index >= 15 is 0 Å². The van der Waals surface area contributed by atoms with Crippen molar-refractivity contribution < 1.29 is 4.74 Å². The summed E-state index contributed by atoms with van der Waals surface area (Å²) >= 11 is 0. The maximum atomic E-state index is 5.76. The Morgan fingerprint density at radius 2 is 2.07 bits per heavy atom. The van der Waals surface area contributed by atoms with Gasteiger partial charge in [0.2, 0.25) is 5.95 Å². The fourth-order valence-electron chi connectivity index (χ4n) is 3.84. The van der Waals surface area contributed by atoms with E-state index in [2.05, 4.69) is 46.8 Å². The topological polar surface area (TPSA) is 96.6 Å². The van der Waals surface area contributed by atoms with E-state index in [4.69, 9.17) is 9.73 Å². The molecule has 30 heavy (non-hydrogen) atoms. The van der Waals surface area contributed by atoms with Gasteiger partial charge in [-0.25, -0.2) is 9.97 Å². The minimum atomic E-state index is 0.241. The van der Waals surface area contributed by atoms with Gasteiger partial charge in [-0.15, -0.1) is 10.2 Å². The van der Waals surface area contributed by atoms with Crippen LogP contribution < -0.4 is 10.2 Å². The molecule has 2 saturated heterocycles. The third-order valence-corrected chi connectivity index (χ3v) is 5.53. The van der Waals surface area contributed by atoms with Crippen LogP contribution in [0.1, 0.15) is 25.6 Å². The Morgan fingerprint density at radius 1 is 1.23 bits per heavy atom. The van der Waals surface area contributed by atoms with Gasteiger partial charge >= 0.3 is 0 Å². The van der Waals surface area contributed by atoms with Crippen LogP contribution >= 0.6 is 0 Å². The highest BCUT2D eigenvalue weighted by Gasteiger charge is 2.22. The van der Waals surface area contributed by atoms with Crippen molar-refractivity contribution in [3.8, 4) is 0 Å². The maximum Gasteiger partial charge on any atom is 0.225 e. The van der Waals surface area contributed by atoms with Crippen LogP contribution in [0.4, 0.5) is 5.95 Å². The summed E-state index contributed by atoms with van der Waals surface area (Å²) in [5.41, 5.74) is 0. The molecule has 1 unspecified atom stereocenters. The summed E-state index contributed by atoms with van der Waals surface area (Å²) in [5, 5.41) is 11.7. The molecule has 2 aromatic rings. The van der Waals surface area contributed by atoms with Gasteiger partial charge < -0.3 is 24.4 Å². The van der Waals surface area contributed by atoms with Gasteiger partial charge in [-0.1, -0.05) is 6.92 Å². The number of hydrogen-bond acceptors (Lipinski definition) is 7. The van der Waals surface area contributed by atoms with Crippen molar-refractivity contribution in [2.75, 3.05) is 50.8 Å². The van der Waals surface area contributed by atoms with Crippen LogP contribution in [-0.2, 0) is 17.7 Å². The van der Waals surface area contributed by atoms with E-state index in [1.54, 1.807) is 18.7 Å². The molecule has 0 aliphatic carbocycles. The molecule has 0 saturated carbocycles. The summed E-state index contributed by atoms with van der Waals surface area (Å²) in [4.78, 5) is 18.2. The van der Waals surface area contributed by atoms with Gasteiger partial charge in [0.25, 0.3) is 0 Å². The zero-order valence-electron chi connectivity index (χ0n) is 17.7. The third kappa shape index (κ3) is 5.24. The number of guanidine groups is 1. The standard InChI is InChI=1S/C20H31N9O/c1-2-18-26-25-16-29(18)9-8-23-20(24-15-17-5-3-14-30-17)28-12-10-27(11-13-28)19-21-6-4-7-22-19/h4,6-7,16-17H,2-3,5,8-15H2,1H3,(H,23,24). The first-order chi connectivity index (χ1) is 14.8. The first kappa shape index (κ1) is 20.5. The van der Waals surface area contributed by atoms with Crippen LogP contribution in [0, 0.1) is 0 Å². The molecule has 0 bridgehead atoms. The molecule has 2 aromatic heterocycles. The number of piperazine rings is 1. The molecule has 2 fully saturated rings. The van der Waals surface area contributed by atoms with Gasteiger partial charge in [0.05, 0.1) is 12.6 Å². The molecule has 10 nitrogen and oxygen atoms in total. The lowest BCUT2D eigenvalue weighted by Crippen LogP contribution is -2.53. The Labute approximate surface area is 177 Å². The van der Waals surface area contributed by atoms with Gasteiger partial charge in [0, 0.05) is 64.7 Å². The monoisotopic (exact) mass is 413 g/mol. The molecule has 4 heterocycles. The predicted octanol–water partition coefficient (Wildman–Crippen LogP) is 0.577. The average molecular weight is 414 g/mol. The highest BCUT2D eigenvalue weighted by Crippen LogP contribution is 2.13. The summed E-state index contributed by atoms with van der Waals surface area (Å²) in [6.07, 6.45) is 8.72. The number of nitrogens with zero attached hydrogens (tertiary/aromatic N) is 8. The van der Waals surface area contributed by atoms with Crippen molar-refractivity contribution in [3.63, 3.8) is 0 Å². The second kappa shape index (κ2) is 10.3. The van der Waals surface area contributed by atoms with Crippen LogP contribution in [0.25, 0.3) is 0 Å². The number of hydrogen-bond donors (Lipinski definition) is 1. The van der Waals surface area contributed by atoms with Crippen LogP contribution in [0.3, 0.4) is 0 Å². The minimum absolute atomic E-state index is 0.241. The summed E-state index contributed by atoms with van der Waals surface area (Å²) in [7, 11) is 0. The minimum Gasteiger partial charge on any atom is -0.376 e. The number of aliphatic imine (C=N–C) groups is 1. The molecule has 0 amide bonds. The maximum absolute atomic E-state index is 5.76.